The van der Waals surface area contributed by atoms with Crippen LogP contribution in [0.4, 0.5) is 0 Å². The third-order valence-corrected chi connectivity index (χ3v) is 8.92. The van der Waals surface area contributed by atoms with Gasteiger partial charge in [0, 0.05) is 18.2 Å². The highest BCUT2D eigenvalue weighted by atomic mass is 31.3. The maximum atomic E-state index is 12.1. The van der Waals surface area contributed by atoms with Crippen LogP contribution in [0.3, 0.4) is 0 Å². The highest BCUT2D eigenvalue weighted by Crippen LogP contribution is 2.77. The van der Waals surface area contributed by atoms with Crippen LogP contribution in [0.15, 0.2) is 15.8 Å². The van der Waals surface area contributed by atoms with Crippen LogP contribution in [-0.2, 0) is 35.9 Å². The number of aliphatic hydroxyl groups excluding tert-OH is 1. The van der Waals surface area contributed by atoms with E-state index in [-0.39, 0.29) is 12.0 Å². The first-order chi connectivity index (χ1) is 12.8. The molecule has 0 aromatic carbocycles. The van der Waals surface area contributed by atoms with Crippen LogP contribution in [0.1, 0.15) is 18.2 Å². The normalized spacial score (nSPS) is 41.2. The van der Waals surface area contributed by atoms with E-state index in [1.165, 1.54) is 13.1 Å². The number of rotatable bonds is 4. The summed E-state index contributed by atoms with van der Waals surface area (Å²) in [6, 6.07) is 0. The molecule has 0 amide bonds. The summed E-state index contributed by atoms with van der Waals surface area (Å²) in [5, 5.41) is 10.0. The Labute approximate surface area is 155 Å². The summed E-state index contributed by atoms with van der Waals surface area (Å²) in [5.41, 5.74) is -1.21. The van der Waals surface area contributed by atoms with Gasteiger partial charge in [0.25, 0.3) is 21.2 Å². The van der Waals surface area contributed by atoms with Gasteiger partial charge in [0.05, 0.1) is 12.7 Å². The van der Waals surface area contributed by atoms with Crippen molar-refractivity contribution in [2.45, 2.75) is 31.8 Å². The Balaban J connectivity index is 1.71. The molecule has 18 heteroatoms. The minimum atomic E-state index is -5.50. The van der Waals surface area contributed by atoms with E-state index in [0.29, 0.717) is 0 Å². The summed E-state index contributed by atoms with van der Waals surface area (Å²) < 4.78 is 56.9. The zero-order valence-corrected chi connectivity index (χ0v) is 16.5. The lowest BCUT2D eigenvalue weighted by Crippen LogP contribution is -2.33. The van der Waals surface area contributed by atoms with Gasteiger partial charge in [-0.15, -0.1) is 0 Å². The van der Waals surface area contributed by atoms with E-state index in [0.717, 1.165) is 4.57 Å². The second kappa shape index (κ2) is 7.38. The summed E-state index contributed by atoms with van der Waals surface area (Å²) in [4.78, 5) is 47.8. The van der Waals surface area contributed by atoms with Gasteiger partial charge >= 0.3 is 13.5 Å². The van der Waals surface area contributed by atoms with Crippen LogP contribution in [0, 0.1) is 6.92 Å². The van der Waals surface area contributed by atoms with Gasteiger partial charge in [-0.05, 0) is 6.92 Å². The first kappa shape index (κ1) is 21.8. The van der Waals surface area contributed by atoms with Gasteiger partial charge in [-0.3, -0.25) is 28.0 Å². The molecule has 2 aliphatic rings. The summed E-state index contributed by atoms with van der Waals surface area (Å²) in [5.74, 6) is 0. The van der Waals surface area contributed by atoms with Crippen molar-refractivity contribution in [3.8, 4) is 0 Å². The van der Waals surface area contributed by atoms with Crippen LogP contribution < -0.4 is 21.0 Å². The topological polar surface area (TPSA) is 219 Å². The van der Waals surface area contributed by atoms with Gasteiger partial charge in [-0.2, -0.15) is 0 Å². The predicted octanol–water partition coefficient (Wildman–Crippen LogP) is -1.38. The zero-order valence-electron chi connectivity index (χ0n) is 13.9. The Morgan fingerprint density at radius 2 is 1.86 bits per heavy atom. The average molecular weight is 462 g/mol. The lowest BCUT2D eigenvalue weighted by atomic mass is 10.2. The number of H-pyrrole nitrogens is 1. The van der Waals surface area contributed by atoms with Crippen molar-refractivity contribution in [2.24, 2.45) is 0 Å². The zero-order chi connectivity index (χ0) is 20.9. The molecule has 2 fully saturated rings. The average Bonchev–Trinajstić information content (AvgIpc) is 2.86. The number of ether oxygens (including phenoxy) is 1. The number of hydrogen-bond acceptors (Lipinski definition) is 13. The molecule has 0 radical (unpaired) electrons. The van der Waals surface area contributed by atoms with E-state index >= 15 is 0 Å². The Kier molecular flexibility index (Phi) is 5.74. The fraction of sp³-hybridized carbons (Fsp3) is 0.600. The molecule has 0 saturated carbocycles. The van der Waals surface area contributed by atoms with Crippen LogP contribution in [0.5, 0.6) is 0 Å². The smallest absolute Gasteiger partial charge is 0.487 e. The van der Waals surface area contributed by atoms with E-state index in [4.69, 9.17) is 4.74 Å². The summed E-state index contributed by atoms with van der Waals surface area (Å²) in [6.07, 6.45) is -2.53. The van der Waals surface area contributed by atoms with Gasteiger partial charge in [-0.25, -0.2) is 22.3 Å². The summed E-state index contributed by atoms with van der Waals surface area (Å²) >= 11 is 0. The number of phosphoric acid groups is 3. The molecule has 0 spiro atoms. The first-order valence-corrected chi connectivity index (χ1v) is 11.8. The number of aryl methyl sites for hydroxylation is 1. The number of nitrogens with zero attached hydrogens (tertiary/aromatic N) is 1. The SMILES string of the molecule is Cc1cn(C2CC(O)C(COP3(=O)OP(=O)([O-])OP(=O)([O-])O3)O2)c(=O)[nH]c1=O. The molecule has 15 nitrogen and oxygen atoms in total. The monoisotopic (exact) mass is 462 g/mol. The maximum absolute atomic E-state index is 12.1. The Bertz CT molecular complexity index is 1000. The minimum absolute atomic E-state index is 0.144. The van der Waals surface area contributed by atoms with Gasteiger partial charge in [0.2, 0.25) is 0 Å². The molecule has 3 heterocycles. The summed E-state index contributed by atoms with van der Waals surface area (Å²) in [6.45, 7) is 0.626. The molecule has 2 N–H and O–H groups in total. The fourth-order valence-corrected chi connectivity index (χ4v) is 7.27. The van der Waals surface area contributed by atoms with Crippen molar-refractivity contribution in [1.29, 1.82) is 0 Å². The third-order valence-electron chi connectivity index (χ3n) is 3.66. The van der Waals surface area contributed by atoms with Crippen molar-refractivity contribution in [2.75, 3.05) is 6.61 Å². The van der Waals surface area contributed by atoms with Crippen molar-refractivity contribution >= 4 is 23.5 Å². The molecule has 3 rings (SSSR count). The quantitative estimate of drug-likeness (QED) is 0.493. The standard InChI is InChI=1S/C10H15N2O13P3/c1-5-3-12(10(15)11-9(5)14)8-2-6(13)7(22-8)4-21-28(20)24-26(16,17)23-27(18,19)25-28/h3,6-8,13H,2,4H2,1H3,(H,16,17)(H,18,19)(H,11,14,15)/p-2. The number of aliphatic hydroxyl groups is 1. The number of aromatic nitrogens is 2. The van der Waals surface area contributed by atoms with Crippen molar-refractivity contribution < 1.29 is 50.8 Å². The van der Waals surface area contributed by atoms with Gasteiger partial charge in [-0.1, -0.05) is 0 Å². The molecule has 0 bridgehead atoms. The Hall–Kier alpha value is -0.950. The Morgan fingerprint density at radius 3 is 2.46 bits per heavy atom. The predicted molar refractivity (Wildman–Crippen MR) is 82.6 cm³/mol. The lowest BCUT2D eigenvalue weighted by Gasteiger charge is -2.38. The third kappa shape index (κ3) is 4.78. The van der Waals surface area contributed by atoms with Crippen LogP contribution in [-0.4, -0.2) is 33.5 Å². The molecule has 28 heavy (non-hydrogen) atoms. The number of hydrogen-bond donors (Lipinski definition) is 2. The molecule has 2 saturated heterocycles. The van der Waals surface area contributed by atoms with E-state index in [1.807, 2.05) is 0 Å². The van der Waals surface area contributed by atoms with Crippen molar-refractivity contribution in [3.63, 3.8) is 0 Å². The van der Waals surface area contributed by atoms with Crippen LogP contribution in [0.2, 0.25) is 0 Å². The highest BCUT2D eigenvalue weighted by Gasteiger charge is 2.46. The molecular weight excluding hydrogens is 449 g/mol. The maximum Gasteiger partial charge on any atom is 0.487 e. The van der Waals surface area contributed by atoms with Gasteiger partial charge in [0.15, 0.2) is 0 Å². The lowest BCUT2D eigenvalue weighted by molar-refractivity contribution is -0.242. The second-order valence-corrected chi connectivity index (χ2v) is 10.7. The molecule has 1 aromatic heterocycles. The summed E-state index contributed by atoms with van der Waals surface area (Å²) in [7, 11) is -16.1. The number of aromatic amines is 1. The van der Waals surface area contributed by atoms with Gasteiger partial charge < -0.3 is 19.6 Å². The Morgan fingerprint density at radius 1 is 1.25 bits per heavy atom. The molecule has 1 aromatic rings. The fourth-order valence-electron chi connectivity index (χ4n) is 2.46. The molecule has 5 unspecified atom stereocenters. The van der Waals surface area contributed by atoms with Gasteiger partial charge in [0.1, 0.15) is 12.3 Å². The minimum Gasteiger partial charge on any atom is -0.756 e. The van der Waals surface area contributed by atoms with E-state index in [1.54, 1.807) is 0 Å². The van der Waals surface area contributed by atoms with Crippen molar-refractivity contribution in [1.82, 2.24) is 9.55 Å². The molecule has 0 aliphatic carbocycles. The largest absolute Gasteiger partial charge is 0.756 e. The van der Waals surface area contributed by atoms with E-state index in [9.17, 15) is 38.2 Å². The first-order valence-electron chi connectivity index (χ1n) is 7.45. The molecular formula is C10H13N2O13P3-2. The second-order valence-electron chi connectivity index (χ2n) is 5.79. The number of nitrogens with one attached hydrogen (secondary N) is 1. The van der Waals surface area contributed by atoms with Crippen LogP contribution >= 0.6 is 23.5 Å². The highest BCUT2D eigenvalue weighted by molar-refractivity contribution is 7.74. The van der Waals surface area contributed by atoms with E-state index in [2.05, 4.69) is 22.4 Å². The van der Waals surface area contributed by atoms with E-state index < -0.39 is 59.8 Å². The molecule has 2 aliphatic heterocycles. The molecule has 5 atom stereocenters. The van der Waals surface area contributed by atoms with Crippen molar-refractivity contribution in [3.05, 3.63) is 32.6 Å². The molecule has 158 valence electrons. The van der Waals surface area contributed by atoms with Crippen LogP contribution in [0.25, 0.3) is 0 Å².